The average Bonchev–Trinajstić information content (AvgIpc) is 2.50. The minimum Gasteiger partial charge on any atom is -0.487 e. The molecule has 0 aliphatic rings. The lowest BCUT2D eigenvalue weighted by Crippen LogP contribution is -2.31. The van der Waals surface area contributed by atoms with Crippen molar-refractivity contribution in [1.29, 1.82) is 0 Å². The molecule has 0 spiro atoms. The average molecular weight is 325 g/mol. The van der Waals surface area contributed by atoms with Crippen LogP contribution in [0.15, 0.2) is 42.5 Å². The second-order valence-electron chi connectivity index (χ2n) is 4.35. The van der Waals surface area contributed by atoms with Crippen molar-refractivity contribution in [2.24, 2.45) is 5.84 Å². The van der Waals surface area contributed by atoms with Gasteiger partial charge < -0.3 is 4.74 Å². The number of nitrogens with two attached hydrogens (primary N) is 1. The van der Waals surface area contributed by atoms with E-state index in [9.17, 15) is 4.79 Å². The Morgan fingerprint density at radius 3 is 2.52 bits per heavy atom. The van der Waals surface area contributed by atoms with E-state index in [4.69, 9.17) is 33.8 Å². The molecule has 0 aliphatic carbocycles. The lowest BCUT2D eigenvalue weighted by molar-refractivity contribution is -0.120. The molecule has 21 heavy (non-hydrogen) atoms. The van der Waals surface area contributed by atoms with Crippen LogP contribution in [-0.4, -0.2) is 5.91 Å². The van der Waals surface area contributed by atoms with E-state index in [2.05, 4.69) is 5.43 Å². The molecule has 6 heteroatoms. The molecule has 4 nitrogen and oxygen atoms in total. The van der Waals surface area contributed by atoms with Gasteiger partial charge in [-0.25, -0.2) is 5.84 Å². The Hall–Kier alpha value is -1.75. The Labute approximate surface area is 132 Å². The minimum absolute atomic E-state index is 0.194. The summed E-state index contributed by atoms with van der Waals surface area (Å²) in [6.45, 7) is 0.286. The van der Waals surface area contributed by atoms with Gasteiger partial charge in [-0.1, -0.05) is 53.5 Å². The number of carbonyl (C=O) groups excluding carboxylic acids is 1. The van der Waals surface area contributed by atoms with Gasteiger partial charge >= 0.3 is 0 Å². The fourth-order valence-electron chi connectivity index (χ4n) is 1.85. The van der Waals surface area contributed by atoms with E-state index < -0.39 is 0 Å². The summed E-state index contributed by atoms with van der Waals surface area (Å²) >= 11 is 12.0. The molecule has 0 aromatic heterocycles. The van der Waals surface area contributed by atoms with E-state index in [1.54, 1.807) is 18.2 Å². The van der Waals surface area contributed by atoms with Gasteiger partial charge in [-0.3, -0.25) is 10.2 Å². The second-order valence-corrected chi connectivity index (χ2v) is 5.14. The Bertz CT molecular complexity index is 647. The molecule has 0 radical (unpaired) electrons. The Morgan fingerprint density at radius 1 is 1.10 bits per heavy atom. The van der Waals surface area contributed by atoms with Crippen LogP contribution in [0.2, 0.25) is 10.0 Å². The molecule has 1 amide bonds. The van der Waals surface area contributed by atoms with Gasteiger partial charge in [-0.15, -0.1) is 0 Å². The highest BCUT2D eigenvalue weighted by Crippen LogP contribution is 2.32. The van der Waals surface area contributed by atoms with Gasteiger partial charge in [0.2, 0.25) is 5.91 Å². The zero-order valence-electron chi connectivity index (χ0n) is 11.1. The quantitative estimate of drug-likeness (QED) is 0.504. The van der Waals surface area contributed by atoms with Crippen LogP contribution in [0.5, 0.6) is 5.75 Å². The molecule has 0 saturated carbocycles. The van der Waals surface area contributed by atoms with Crippen molar-refractivity contribution in [2.45, 2.75) is 13.0 Å². The smallest absolute Gasteiger partial charge is 0.238 e. The minimum atomic E-state index is -0.261. The molecule has 0 bridgehead atoms. The number of hydrogen-bond donors (Lipinski definition) is 2. The summed E-state index contributed by atoms with van der Waals surface area (Å²) in [6, 6.07) is 12.7. The van der Waals surface area contributed by atoms with Gasteiger partial charge in [0.05, 0.1) is 11.4 Å². The monoisotopic (exact) mass is 324 g/mol. The number of amides is 1. The first kappa shape index (κ1) is 15.6. The molecule has 0 saturated heterocycles. The molecular weight excluding hydrogens is 311 g/mol. The summed E-state index contributed by atoms with van der Waals surface area (Å²) in [4.78, 5) is 11.4. The summed E-state index contributed by atoms with van der Waals surface area (Å²) in [5.74, 6) is 5.35. The highest BCUT2D eigenvalue weighted by atomic mass is 35.5. The van der Waals surface area contributed by atoms with Crippen LogP contribution in [0.1, 0.15) is 11.1 Å². The van der Waals surface area contributed by atoms with Crippen LogP contribution in [0.25, 0.3) is 0 Å². The van der Waals surface area contributed by atoms with Crippen LogP contribution in [0.4, 0.5) is 0 Å². The first-order chi connectivity index (χ1) is 10.1. The maximum Gasteiger partial charge on any atom is 0.238 e. The van der Waals surface area contributed by atoms with Crippen molar-refractivity contribution in [3.8, 4) is 5.75 Å². The van der Waals surface area contributed by atoms with Crippen LogP contribution in [-0.2, 0) is 17.8 Å². The number of nitrogens with one attached hydrogen (secondary N) is 1. The maximum absolute atomic E-state index is 11.4. The van der Waals surface area contributed by atoms with E-state index in [1.165, 1.54) is 0 Å². The van der Waals surface area contributed by atoms with Crippen molar-refractivity contribution in [3.05, 3.63) is 63.6 Å². The first-order valence-corrected chi connectivity index (χ1v) is 7.00. The molecule has 2 rings (SSSR count). The van der Waals surface area contributed by atoms with Crippen LogP contribution >= 0.6 is 23.2 Å². The van der Waals surface area contributed by atoms with Crippen LogP contribution < -0.4 is 16.0 Å². The van der Waals surface area contributed by atoms with Gasteiger partial charge in [0, 0.05) is 0 Å². The zero-order chi connectivity index (χ0) is 15.2. The fraction of sp³-hybridized carbons (Fsp3) is 0.133. The number of benzene rings is 2. The summed E-state index contributed by atoms with van der Waals surface area (Å²) in [7, 11) is 0. The van der Waals surface area contributed by atoms with E-state index in [0.29, 0.717) is 15.8 Å². The predicted molar refractivity (Wildman–Crippen MR) is 83.3 cm³/mol. The SMILES string of the molecule is NNC(=O)Cc1ccccc1COc1cccc(Cl)c1Cl. The number of hydrogen-bond acceptors (Lipinski definition) is 3. The molecule has 3 N–H and O–H groups in total. The predicted octanol–water partition coefficient (Wildman–Crippen LogP) is 3.10. The molecule has 2 aromatic carbocycles. The Balaban J connectivity index is 2.13. The molecular formula is C15H14Cl2N2O2. The number of hydrazine groups is 1. The molecule has 0 atom stereocenters. The molecule has 110 valence electrons. The van der Waals surface area contributed by atoms with E-state index >= 15 is 0 Å². The molecule has 0 heterocycles. The third-order valence-corrected chi connectivity index (χ3v) is 3.73. The van der Waals surface area contributed by atoms with Gasteiger partial charge in [0.15, 0.2) is 0 Å². The number of ether oxygens (including phenoxy) is 1. The first-order valence-electron chi connectivity index (χ1n) is 6.25. The molecule has 0 unspecified atom stereocenters. The third kappa shape index (κ3) is 4.11. The highest BCUT2D eigenvalue weighted by molar-refractivity contribution is 6.42. The third-order valence-electron chi connectivity index (χ3n) is 2.93. The molecule has 0 fully saturated rings. The Kier molecular flexibility index (Phi) is 5.44. The van der Waals surface area contributed by atoms with Crippen molar-refractivity contribution >= 4 is 29.1 Å². The molecule has 0 aliphatic heterocycles. The summed E-state index contributed by atoms with van der Waals surface area (Å²) in [5, 5.41) is 0.807. The number of rotatable bonds is 5. The topological polar surface area (TPSA) is 64.3 Å². The number of carbonyl (C=O) groups is 1. The Morgan fingerprint density at radius 2 is 1.81 bits per heavy atom. The zero-order valence-corrected chi connectivity index (χ0v) is 12.6. The van der Waals surface area contributed by atoms with Gasteiger partial charge in [0.1, 0.15) is 17.4 Å². The largest absolute Gasteiger partial charge is 0.487 e. The lowest BCUT2D eigenvalue weighted by atomic mass is 10.1. The lowest BCUT2D eigenvalue weighted by Gasteiger charge is -2.12. The van der Waals surface area contributed by atoms with E-state index in [-0.39, 0.29) is 18.9 Å². The normalized spacial score (nSPS) is 10.2. The standard InChI is InChI=1S/C15H14Cl2N2O2/c16-12-6-3-7-13(15(12)17)21-9-11-5-2-1-4-10(11)8-14(20)19-18/h1-7H,8-9,18H2,(H,19,20). The van der Waals surface area contributed by atoms with Crippen molar-refractivity contribution in [2.75, 3.05) is 0 Å². The van der Waals surface area contributed by atoms with Gasteiger partial charge in [0.25, 0.3) is 0 Å². The summed E-state index contributed by atoms with van der Waals surface area (Å²) in [6.07, 6.45) is 0.194. The van der Waals surface area contributed by atoms with Crippen molar-refractivity contribution < 1.29 is 9.53 Å². The van der Waals surface area contributed by atoms with Crippen LogP contribution in [0, 0.1) is 0 Å². The molecule has 2 aromatic rings. The summed E-state index contributed by atoms with van der Waals surface area (Å²) in [5.41, 5.74) is 3.84. The highest BCUT2D eigenvalue weighted by Gasteiger charge is 2.09. The fourth-order valence-corrected chi connectivity index (χ4v) is 2.19. The van der Waals surface area contributed by atoms with E-state index in [0.717, 1.165) is 11.1 Å². The maximum atomic E-state index is 11.4. The van der Waals surface area contributed by atoms with Crippen LogP contribution in [0.3, 0.4) is 0 Å². The van der Waals surface area contributed by atoms with Crippen molar-refractivity contribution in [3.63, 3.8) is 0 Å². The second kappa shape index (κ2) is 7.31. The van der Waals surface area contributed by atoms with Gasteiger partial charge in [-0.2, -0.15) is 0 Å². The van der Waals surface area contributed by atoms with Gasteiger partial charge in [-0.05, 0) is 23.3 Å². The summed E-state index contributed by atoms with van der Waals surface area (Å²) < 4.78 is 5.68. The van der Waals surface area contributed by atoms with Crippen molar-refractivity contribution in [1.82, 2.24) is 5.43 Å². The number of halogens is 2. The van der Waals surface area contributed by atoms with E-state index in [1.807, 2.05) is 24.3 Å².